The summed E-state index contributed by atoms with van der Waals surface area (Å²) < 4.78 is 5.54. The second-order valence-electron chi connectivity index (χ2n) is 6.71. The van der Waals surface area contributed by atoms with Crippen molar-refractivity contribution in [2.24, 2.45) is 5.73 Å². The van der Waals surface area contributed by atoms with E-state index in [1.807, 2.05) is 0 Å². The Balaban J connectivity index is 1.76. The van der Waals surface area contributed by atoms with Gasteiger partial charge in [0.15, 0.2) is 0 Å². The van der Waals surface area contributed by atoms with E-state index >= 15 is 0 Å². The smallest absolute Gasteiger partial charge is 0.0594 e. The maximum absolute atomic E-state index is 6.74. The standard InChI is InChI=1S/C18H28N2O/c1-15-5-4-6-16(13-15)14-17(19)18(7-2-3-8-18)20-9-11-21-12-10-20/h4-6,13,17H,2-3,7-12,14,19H2,1H3. The molecule has 0 aromatic heterocycles. The summed E-state index contributed by atoms with van der Waals surface area (Å²) in [4.78, 5) is 2.63. The van der Waals surface area contributed by atoms with Crippen LogP contribution in [0.3, 0.4) is 0 Å². The molecule has 1 saturated carbocycles. The van der Waals surface area contributed by atoms with Crippen LogP contribution < -0.4 is 5.73 Å². The summed E-state index contributed by atoms with van der Waals surface area (Å²) in [6.07, 6.45) is 6.12. The molecular formula is C18H28N2O. The van der Waals surface area contributed by atoms with E-state index < -0.39 is 0 Å². The molecule has 2 N–H and O–H groups in total. The lowest BCUT2D eigenvalue weighted by atomic mass is 9.82. The molecule has 1 heterocycles. The monoisotopic (exact) mass is 288 g/mol. The zero-order chi connectivity index (χ0) is 14.7. The van der Waals surface area contributed by atoms with E-state index in [1.165, 1.54) is 36.8 Å². The Bertz CT molecular complexity index is 462. The first-order valence-electron chi connectivity index (χ1n) is 8.35. The zero-order valence-electron chi connectivity index (χ0n) is 13.2. The first-order chi connectivity index (χ1) is 10.2. The van der Waals surface area contributed by atoms with Crippen LogP contribution in [0.2, 0.25) is 0 Å². The van der Waals surface area contributed by atoms with Crippen molar-refractivity contribution >= 4 is 0 Å². The van der Waals surface area contributed by atoms with E-state index in [0.717, 1.165) is 32.7 Å². The Kier molecular flexibility index (Phi) is 4.63. The Morgan fingerprint density at radius 1 is 1.24 bits per heavy atom. The highest BCUT2D eigenvalue weighted by Gasteiger charge is 2.44. The fourth-order valence-corrected chi connectivity index (χ4v) is 4.20. The maximum Gasteiger partial charge on any atom is 0.0594 e. The number of hydrogen-bond acceptors (Lipinski definition) is 3. The van der Waals surface area contributed by atoms with Crippen molar-refractivity contribution in [1.29, 1.82) is 0 Å². The fourth-order valence-electron chi connectivity index (χ4n) is 4.20. The van der Waals surface area contributed by atoms with Crippen LogP contribution in [0.25, 0.3) is 0 Å². The molecule has 1 saturated heterocycles. The summed E-state index contributed by atoms with van der Waals surface area (Å²) >= 11 is 0. The molecule has 1 aromatic rings. The third kappa shape index (κ3) is 3.15. The van der Waals surface area contributed by atoms with Crippen LogP contribution in [0.5, 0.6) is 0 Å². The predicted molar refractivity (Wildman–Crippen MR) is 86.4 cm³/mol. The zero-order valence-corrected chi connectivity index (χ0v) is 13.2. The van der Waals surface area contributed by atoms with Crippen molar-refractivity contribution in [1.82, 2.24) is 4.90 Å². The summed E-state index contributed by atoms with van der Waals surface area (Å²) in [6, 6.07) is 9.02. The Labute approximate surface area is 128 Å². The minimum Gasteiger partial charge on any atom is -0.379 e. The van der Waals surface area contributed by atoms with Crippen molar-refractivity contribution in [2.45, 2.75) is 50.6 Å². The SMILES string of the molecule is Cc1cccc(CC(N)C2(N3CCOCC3)CCCC2)c1. The first kappa shape index (κ1) is 15.0. The predicted octanol–water partition coefficient (Wildman–Crippen LogP) is 2.51. The second kappa shape index (κ2) is 6.47. The minimum absolute atomic E-state index is 0.202. The highest BCUT2D eigenvalue weighted by Crippen LogP contribution is 2.38. The van der Waals surface area contributed by atoms with Gasteiger partial charge in [-0.3, -0.25) is 4.90 Å². The van der Waals surface area contributed by atoms with E-state index in [2.05, 4.69) is 36.1 Å². The average Bonchev–Trinajstić information content (AvgIpc) is 2.99. The van der Waals surface area contributed by atoms with Crippen molar-refractivity contribution < 1.29 is 4.74 Å². The van der Waals surface area contributed by atoms with E-state index in [0.29, 0.717) is 0 Å². The van der Waals surface area contributed by atoms with Gasteiger partial charge >= 0.3 is 0 Å². The lowest BCUT2D eigenvalue weighted by molar-refractivity contribution is -0.0305. The van der Waals surface area contributed by atoms with Crippen LogP contribution >= 0.6 is 0 Å². The number of ether oxygens (including phenoxy) is 1. The number of hydrogen-bond donors (Lipinski definition) is 1. The number of nitrogens with two attached hydrogens (primary N) is 1. The van der Waals surface area contributed by atoms with Crippen LogP contribution in [0.15, 0.2) is 24.3 Å². The van der Waals surface area contributed by atoms with Gasteiger partial charge in [-0.25, -0.2) is 0 Å². The number of rotatable bonds is 4. The lowest BCUT2D eigenvalue weighted by Crippen LogP contribution is -2.61. The van der Waals surface area contributed by atoms with Crippen molar-refractivity contribution in [3.05, 3.63) is 35.4 Å². The Morgan fingerprint density at radius 2 is 1.95 bits per heavy atom. The molecule has 2 aliphatic rings. The van der Waals surface area contributed by atoms with Crippen molar-refractivity contribution in [3.63, 3.8) is 0 Å². The number of nitrogens with zero attached hydrogens (tertiary/aromatic N) is 1. The number of benzene rings is 1. The van der Waals surface area contributed by atoms with E-state index in [9.17, 15) is 0 Å². The Morgan fingerprint density at radius 3 is 2.62 bits per heavy atom. The van der Waals surface area contributed by atoms with Gasteiger partial charge < -0.3 is 10.5 Å². The third-order valence-electron chi connectivity index (χ3n) is 5.34. The summed E-state index contributed by atoms with van der Waals surface area (Å²) in [5.74, 6) is 0. The van der Waals surface area contributed by atoms with Gasteiger partial charge in [0, 0.05) is 24.7 Å². The maximum atomic E-state index is 6.74. The Hall–Kier alpha value is -0.900. The third-order valence-corrected chi connectivity index (χ3v) is 5.34. The lowest BCUT2D eigenvalue weighted by Gasteiger charge is -2.47. The van der Waals surface area contributed by atoms with Gasteiger partial charge in [-0.1, -0.05) is 42.7 Å². The summed E-state index contributed by atoms with van der Waals surface area (Å²) in [5.41, 5.74) is 9.65. The van der Waals surface area contributed by atoms with Gasteiger partial charge in [-0.2, -0.15) is 0 Å². The largest absolute Gasteiger partial charge is 0.379 e. The summed E-state index contributed by atoms with van der Waals surface area (Å²) in [5, 5.41) is 0. The molecule has 3 nitrogen and oxygen atoms in total. The molecule has 0 radical (unpaired) electrons. The molecule has 0 bridgehead atoms. The first-order valence-corrected chi connectivity index (χ1v) is 8.35. The molecule has 3 rings (SSSR count). The molecule has 116 valence electrons. The van der Waals surface area contributed by atoms with E-state index in [4.69, 9.17) is 10.5 Å². The van der Waals surface area contributed by atoms with E-state index in [1.54, 1.807) is 0 Å². The molecule has 3 heteroatoms. The molecule has 0 spiro atoms. The normalized spacial score (nSPS) is 24.1. The molecule has 1 unspecified atom stereocenters. The van der Waals surface area contributed by atoms with Crippen LogP contribution in [0.4, 0.5) is 0 Å². The number of aryl methyl sites for hydroxylation is 1. The molecule has 0 amide bonds. The average molecular weight is 288 g/mol. The van der Waals surface area contributed by atoms with Gasteiger partial charge in [-0.05, 0) is 31.7 Å². The van der Waals surface area contributed by atoms with Crippen LogP contribution in [0, 0.1) is 6.92 Å². The van der Waals surface area contributed by atoms with Gasteiger partial charge in [0.2, 0.25) is 0 Å². The second-order valence-corrected chi connectivity index (χ2v) is 6.71. The molecular weight excluding hydrogens is 260 g/mol. The summed E-state index contributed by atoms with van der Waals surface area (Å²) in [7, 11) is 0. The molecule has 21 heavy (non-hydrogen) atoms. The number of morpholine rings is 1. The molecule has 2 fully saturated rings. The highest BCUT2D eigenvalue weighted by atomic mass is 16.5. The quantitative estimate of drug-likeness (QED) is 0.925. The molecule has 1 aliphatic heterocycles. The van der Waals surface area contributed by atoms with Gasteiger partial charge in [-0.15, -0.1) is 0 Å². The summed E-state index contributed by atoms with van der Waals surface area (Å²) in [6.45, 7) is 5.96. The van der Waals surface area contributed by atoms with Gasteiger partial charge in [0.25, 0.3) is 0 Å². The van der Waals surface area contributed by atoms with Crippen LogP contribution in [0.1, 0.15) is 36.8 Å². The van der Waals surface area contributed by atoms with Crippen LogP contribution in [-0.2, 0) is 11.2 Å². The molecule has 1 aromatic carbocycles. The van der Waals surface area contributed by atoms with Crippen LogP contribution in [-0.4, -0.2) is 42.8 Å². The van der Waals surface area contributed by atoms with Gasteiger partial charge in [0.05, 0.1) is 13.2 Å². The van der Waals surface area contributed by atoms with Crippen molar-refractivity contribution in [3.8, 4) is 0 Å². The van der Waals surface area contributed by atoms with Gasteiger partial charge in [0.1, 0.15) is 0 Å². The minimum atomic E-state index is 0.202. The van der Waals surface area contributed by atoms with E-state index in [-0.39, 0.29) is 11.6 Å². The highest BCUT2D eigenvalue weighted by molar-refractivity contribution is 5.24. The van der Waals surface area contributed by atoms with Crippen molar-refractivity contribution in [2.75, 3.05) is 26.3 Å². The fraction of sp³-hybridized carbons (Fsp3) is 0.667. The molecule has 1 aliphatic carbocycles. The topological polar surface area (TPSA) is 38.5 Å². The molecule has 1 atom stereocenters.